The first-order valence-electron chi connectivity index (χ1n) is 11.5. The van der Waals surface area contributed by atoms with Crippen LogP contribution in [0.1, 0.15) is 21.9 Å². The van der Waals surface area contributed by atoms with E-state index in [2.05, 4.69) is 15.4 Å². The lowest BCUT2D eigenvalue weighted by Crippen LogP contribution is -2.38. The second-order valence-corrected chi connectivity index (χ2v) is 8.39. The SMILES string of the molecule is COC(=O)c1ccc(Cn2cc(/C=C3\NC(=O)N(CC(=O)Nc4ccccc4F)C3=O)c3ccccc32)o1. The van der Waals surface area contributed by atoms with Crippen molar-refractivity contribution in [1.29, 1.82) is 0 Å². The first-order valence-corrected chi connectivity index (χ1v) is 11.5. The smallest absolute Gasteiger partial charge is 0.373 e. The molecule has 0 unspecified atom stereocenters. The molecule has 0 radical (unpaired) electrons. The number of methoxy groups -OCH3 is 1. The Morgan fingerprint density at radius 3 is 2.63 bits per heavy atom. The quantitative estimate of drug-likeness (QED) is 0.219. The number of nitrogens with one attached hydrogen (secondary N) is 2. The molecule has 38 heavy (non-hydrogen) atoms. The number of hydrogen-bond donors (Lipinski definition) is 2. The van der Waals surface area contributed by atoms with Crippen molar-refractivity contribution in [2.45, 2.75) is 6.54 Å². The maximum atomic E-state index is 13.8. The molecule has 5 rings (SSSR count). The van der Waals surface area contributed by atoms with E-state index in [9.17, 15) is 23.6 Å². The minimum absolute atomic E-state index is 0.0115. The van der Waals surface area contributed by atoms with Crippen molar-refractivity contribution in [1.82, 2.24) is 14.8 Å². The molecule has 1 aliphatic heterocycles. The molecule has 2 aromatic heterocycles. The summed E-state index contributed by atoms with van der Waals surface area (Å²) >= 11 is 0. The third kappa shape index (κ3) is 4.76. The lowest BCUT2D eigenvalue weighted by atomic mass is 10.1. The molecule has 4 amide bonds. The van der Waals surface area contributed by atoms with Gasteiger partial charge in [-0.05, 0) is 36.4 Å². The molecule has 10 nitrogen and oxygen atoms in total. The number of carbonyl (C=O) groups is 4. The van der Waals surface area contributed by atoms with Gasteiger partial charge in [0, 0.05) is 22.7 Å². The number of para-hydroxylation sites is 2. The van der Waals surface area contributed by atoms with Gasteiger partial charge in [-0.15, -0.1) is 0 Å². The monoisotopic (exact) mass is 516 g/mol. The highest BCUT2D eigenvalue weighted by Crippen LogP contribution is 2.26. The summed E-state index contributed by atoms with van der Waals surface area (Å²) in [7, 11) is 1.27. The van der Waals surface area contributed by atoms with E-state index in [1.807, 2.05) is 28.8 Å². The van der Waals surface area contributed by atoms with Crippen molar-refractivity contribution in [3.63, 3.8) is 0 Å². The van der Waals surface area contributed by atoms with E-state index < -0.39 is 36.2 Å². The zero-order chi connectivity index (χ0) is 26.8. The fourth-order valence-electron chi connectivity index (χ4n) is 4.13. The van der Waals surface area contributed by atoms with E-state index >= 15 is 0 Å². The van der Waals surface area contributed by atoms with Crippen LogP contribution in [0.3, 0.4) is 0 Å². The molecule has 0 spiro atoms. The summed E-state index contributed by atoms with van der Waals surface area (Å²) in [5, 5.41) is 5.65. The summed E-state index contributed by atoms with van der Waals surface area (Å²) in [4.78, 5) is 50.3. The highest BCUT2D eigenvalue weighted by molar-refractivity contribution is 6.16. The van der Waals surface area contributed by atoms with E-state index in [1.54, 1.807) is 18.3 Å². The summed E-state index contributed by atoms with van der Waals surface area (Å²) in [5.74, 6) is -2.03. The molecule has 2 N–H and O–H groups in total. The van der Waals surface area contributed by atoms with Crippen LogP contribution in [0.15, 0.2) is 77.0 Å². The Balaban J connectivity index is 1.37. The molecule has 192 valence electrons. The van der Waals surface area contributed by atoms with Gasteiger partial charge in [-0.2, -0.15) is 0 Å². The summed E-state index contributed by atoms with van der Waals surface area (Å²) < 4.78 is 26.0. The molecule has 3 heterocycles. The van der Waals surface area contributed by atoms with Gasteiger partial charge in [0.15, 0.2) is 0 Å². The summed E-state index contributed by atoms with van der Waals surface area (Å²) in [6, 6.07) is 15.5. The van der Waals surface area contributed by atoms with E-state index in [0.29, 0.717) is 17.9 Å². The third-order valence-electron chi connectivity index (χ3n) is 5.91. The van der Waals surface area contributed by atoms with Crippen molar-refractivity contribution in [3.05, 3.63) is 95.5 Å². The van der Waals surface area contributed by atoms with Crippen molar-refractivity contribution >= 4 is 46.5 Å². The van der Waals surface area contributed by atoms with Crippen LogP contribution in [0, 0.1) is 5.82 Å². The number of esters is 1. The third-order valence-corrected chi connectivity index (χ3v) is 5.91. The fraction of sp³-hybridized carbons (Fsp3) is 0.111. The van der Waals surface area contributed by atoms with Crippen LogP contribution in [-0.2, 0) is 20.9 Å². The predicted molar refractivity (Wildman–Crippen MR) is 134 cm³/mol. The van der Waals surface area contributed by atoms with Crippen molar-refractivity contribution in [3.8, 4) is 0 Å². The number of nitrogens with zero attached hydrogens (tertiary/aromatic N) is 2. The number of amides is 4. The number of ether oxygens (including phenoxy) is 1. The normalized spacial score (nSPS) is 14.3. The van der Waals surface area contributed by atoms with Gasteiger partial charge in [0.25, 0.3) is 5.91 Å². The Morgan fingerprint density at radius 2 is 1.84 bits per heavy atom. The van der Waals surface area contributed by atoms with Crippen LogP contribution >= 0.6 is 0 Å². The number of carbonyl (C=O) groups excluding carboxylic acids is 4. The first kappa shape index (κ1) is 24.5. The molecule has 1 fully saturated rings. The highest BCUT2D eigenvalue weighted by atomic mass is 19.1. The number of fused-ring (bicyclic) bond motifs is 1. The highest BCUT2D eigenvalue weighted by Gasteiger charge is 2.35. The van der Waals surface area contributed by atoms with Crippen LogP contribution < -0.4 is 10.6 Å². The van der Waals surface area contributed by atoms with E-state index in [4.69, 9.17) is 4.42 Å². The lowest BCUT2D eigenvalue weighted by Gasteiger charge is -2.12. The van der Waals surface area contributed by atoms with Crippen LogP contribution in [-0.4, -0.2) is 46.9 Å². The lowest BCUT2D eigenvalue weighted by molar-refractivity contribution is -0.127. The molecule has 0 saturated carbocycles. The minimum Gasteiger partial charge on any atom is -0.463 e. The van der Waals surface area contributed by atoms with Crippen LogP contribution in [0.4, 0.5) is 14.9 Å². The van der Waals surface area contributed by atoms with Crippen LogP contribution in [0.25, 0.3) is 17.0 Å². The standard InChI is InChI=1S/C27H21FN4O6/c1-37-26(35)23-11-10-17(38-23)14-31-13-16(18-6-2-5-9-22(18)31)12-21-25(34)32(27(36)30-21)15-24(33)29-20-8-4-3-7-19(20)28/h2-13H,14-15H2,1H3,(H,29,33)(H,30,36)/b21-12-. The zero-order valence-electron chi connectivity index (χ0n) is 20.1. The van der Waals surface area contributed by atoms with E-state index in [-0.39, 0.29) is 17.1 Å². The molecule has 1 saturated heterocycles. The zero-order valence-corrected chi connectivity index (χ0v) is 20.1. The molecule has 11 heteroatoms. The van der Waals surface area contributed by atoms with Gasteiger partial charge < -0.3 is 24.4 Å². The Hall–Kier alpha value is -5.19. The Morgan fingerprint density at radius 1 is 1.08 bits per heavy atom. The Labute approximate surface area is 215 Å². The summed E-state index contributed by atoms with van der Waals surface area (Å²) in [5.41, 5.74) is 1.40. The number of hydrogen-bond acceptors (Lipinski definition) is 6. The van der Waals surface area contributed by atoms with Crippen molar-refractivity contribution in [2.24, 2.45) is 0 Å². The largest absolute Gasteiger partial charge is 0.463 e. The molecule has 2 aromatic carbocycles. The van der Waals surface area contributed by atoms with Crippen molar-refractivity contribution in [2.75, 3.05) is 19.0 Å². The summed E-state index contributed by atoms with van der Waals surface area (Å²) in [6.45, 7) is -0.289. The number of urea groups is 1. The van der Waals surface area contributed by atoms with E-state index in [1.165, 1.54) is 37.5 Å². The molecular weight excluding hydrogens is 495 g/mol. The van der Waals surface area contributed by atoms with Gasteiger partial charge in [-0.1, -0.05) is 30.3 Å². The second kappa shape index (κ2) is 10.1. The number of aromatic nitrogens is 1. The number of rotatable bonds is 7. The van der Waals surface area contributed by atoms with E-state index in [0.717, 1.165) is 15.8 Å². The average Bonchev–Trinajstić information content (AvgIpc) is 3.59. The minimum atomic E-state index is -0.764. The van der Waals surface area contributed by atoms with Crippen LogP contribution in [0.5, 0.6) is 0 Å². The van der Waals surface area contributed by atoms with Gasteiger partial charge in [-0.3, -0.25) is 9.59 Å². The average molecular weight is 516 g/mol. The Bertz CT molecular complexity index is 1620. The topological polar surface area (TPSA) is 123 Å². The molecule has 1 aliphatic rings. The molecule has 0 atom stereocenters. The number of halogens is 1. The van der Waals surface area contributed by atoms with Crippen molar-refractivity contribution < 1.29 is 32.7 Å². The fourth-order valence-corrected chi connectivity index (χ4v) is 4.13. The Kier molecular flexibility index (Phi) is 6.48. The van der Waals surface area contributed by atoms with Crippen LogP contribution in [0.2, 0.25) is 0 Å². The molecule has 0 aliphatic carbocycles. The second-order valence-electron chi connectivity index (χ2n) is 8.39. The van der Waals surface area contributed by atoms with Gasteiger partial charge >= 0.3 is 12.0 Å². The van der Waals surface area contributed by atoms with Gasteiger partial charge in [0.2, 0.25) is 11.7 Å². The predicted octanol–water partition coefficient (Wildman–Crippen LogP) is 3.74. The molecule has 4 aromatic rings. The number of benzene rings is 2. The number of furan rings is 1. The molecular formula is C27H21FN4O6. The van der Waals surface area contributed by atoms with Gasteiger partial charge in [0.05, 0.1) is 19.3 Å². The van der Waals surface area contributed by atoms with Gasteiger partial charge in [0.1, 0.15) is 23.8 Å². The number of imide groups is 1. The molecule has 0 bridgehead atoms. The summed E-state index contributed by atoms with van der Waals surface area (Å²) in [6.07, 6.45) is 3.31. The first-order chi connectivity index (χ1) is 18.3. The maximum absolute atomic E-state index is 13.8. The van der Waals surface area contributed by atoms with Gasteiger partial charge in [-0.25, -0.2) is 18.9 Å². The maximum Gasteiger partial charge on any atom is 0.373 e. The number of anilines is 1.